The first-order valence-electron chi connectivity index (χ1n) is 9.22. The summed E-state index contributed by atoms with van der Waals surface area (Å²) in [6.45, 7) is 1.89. The van der Waals surface area contributed by atoms with E-state index >= 15 is 0 Å². The number of aromatic nitrogens is 5. The van der Waals surface area contributed by atoms with Crippen molar-refractivity contribution in [3.05, 3.63) is 79.7 Å². The second kappa shape index (κ2) is 7.69. The normalized spacial score (nSPS) is 11.9. The Kier molecular flexibility index (Phi) is 5.18. The molecule has 0 saturated carbocycles. The zero-order valence-corrected chi connectivity index (χ0v) is 16.8. The van der Waals surface area contributed by atoms with Gasteiger partial charge in [0.15, 0.2) is 16.9 Å². The van der Waals surface area contributed by atoms with Gasteiger partial charge in [-0.15, -0.1) is 0 Å². The van der Waals surface area contributed by atoms with E-state index in [9.17, 15) is 22.8 Å². The molecule has 7 nitrogen and oxygen atoms in total. The second-order valence-electron chi connectivity index (χ2n) is 6.71. The Morgan fingerprint density at radius 1 is 1.03 bits per heavy atom. The average molecular weight is 450 g/mol. The van der Waals surface area contributed by atoms with Crippen molar-refractivity contribution in [3.63, 3.8) is 0 Å². The highest BCUT2D eigenvalue weighted by Gasteiger charge is 2.37. The quantitative estimate of drug-likeness (QED) is 0.481. The van der Waals surface area contributed by atoms with E-state index in [1.807, 2.05) is 0 Å². The standard InChI is InChI=1S/C20H15ClF3N5O2/c1-2-28-17-14(18(30)27-19(28)31)29(10-11-6-4-3-5-7-11)16(26-17)12-8-9-13(21)25-15(12)20(22,23)24/h3-9H,2,10H2,1H3,(H,27,30,31). The summed E-state index contributed by atoms with van der Waals surface area (Å²) in [5.41, 5.74) is -2.30. The monoisotopic (exact) mass is 449 g/mol. The molecular weight excluding hydrogens is 435 g/mol. The zero-order chi connectivity index (χ0) is 22.3. The van der Waals surface area contributed by atoms with Gasteiger partial charge in [0.1, 0.15) is 11.0 Å². The first kappa shape index (κ1) is 20.9. The van der Waals surface area contributed by atoms with Crippen LogP contribution in [0.25, 0.3) is 22.6 Å². The molecule has 0 bridgehead atoms. The summed E-state index contributed by atoms with van der Waals surface area (Å²) < 4.78 is 43.8. The third kappa shape index (κ3) is 3.74. The summed E-state index contributed by atoms with van der Waals surface area (Å²) in [7, 11) is 0. The van der Waals surface area contributed by atoms with Crippen molar-refractivity contribution in [2.24, 2.45) is 0 Å². The number of alkyl halides is 3. The average Bonchev–Trinajstić information content (AvgIpc) is 3.07. The SMILES string of the molecule is CCn1c(=O)[nH]c(=O)c2c1nc(-c1ccc(Cl)nc1C(F)(F)F)n2Cc1ccccc1. The lowest BCUT2D eigenvalue weighted by Crippen LogP contribution is -2.30. The van der Waals surface area contributed by atoms with Crippen LogP contribution in [-0.4, -0.2) is 24.1 Å². The van der Waals surface area contributed by atoms with Crippen LogP contribution in [0, 0.1) is 0 Å². The molecule has 0 atom stereocenters. The number of halogens is 4. The molecule has 160 valence electrons. The fraction of sp³-hybridized carbons (Fsp3) is 0.200. The molecule has 4 rings (SSSR count). The minimum atomic E-state index is -4.81. The number of H-pyrrole nitrogens is 1. The van der Waals surface area contributed by atoms with Gasteiger partial charge >= 0.3 is 11.9 Å². The summed E-state index contributed by atoms with van der Waals surface area (Å²) in [6, 6.07) is 11.2. The molecule has 31 heavy (non-hydrogen) atoms. The molecule has 0 saturated heterocycles. The van der Waals surface area contributed by atoms with E-state index in [0.29, 0.717) is 0 Å². The van der Waals surface area contributed by atoms with Crippen molar-refractivity contribution >= 4 is 22.8 Å². The minimum Gasteiger partial charge on any atom is -0.314 e. The van der Waals surface area contributed by atoms with Crippen molar-refractivity contribution in [1.82, 2.24) is 24.1 Å². The van der Waals surface area contributed by atoms with Crippen LogP contribution in [-0.2, 0) is 19.3 Å². The van der Waals surface area contributed by atoms with Gasteiger partial charge in [-0.25, -0.2) is 14.8 Å². The second-order valence-corrected chi connectivity index (χ2v) is 7.10. The summed E-state index contributed by atoms with van der Waals surface area (Å²) in [5.74, 6) is -0.145. The molecule has 4 aromatic rings. The molecule has 3 aromatic heterocycles. The third-order valence-corrected chi connectivity index (χ3v) is 4.97. The van der Waals surface area contributed by atoms with Gasteiger partial charge in [0.25, 0.3) is 5.56 Å². The van der Waals surface area contributed by atoms with Crippen molar-refractivity contribution in [3.8, 4) is 11.4 Å². The smallest absolute Gasteiger partial charge is 0.314 e. The van der Waals surface area contributed by atoms with Gasteiger partial charge in [-0.1, -0.05) is 41.9 Å². The third-order valence-electron chi connectivity index (χ3n) is 4.76. The number of fused-ring (bicyclic) bond motifs is 1. The van der Waals surface area contributed by atoms with E-state index in [-0.39, 0.29) is 40.8 Å². The molecule has 0 unspecified atom stereocenters. The predicted octanol–water partition coefficient (Wildman–Crippen LogP) is 3.69. The Morgan fingerprint density at radius 2 is 1.74 bits per heavy atom. The lowest BCUT2D eigenvalue weighted by Gasteiger charge is -2.14. The lowest BCUT2D eigenvalue weighted by molar-refractivity contribution is -0.140. The van der Waals surface area contributed by atoms with Gasteiger partial charge in [-0.2, -0.15) is 13.2 Å². The molecule has 0 spiro atoms. The van der Waals surface area contributed by atoms with Crippen molar-refractivity contribution in [1.29, 1.82) is 0 Å². The Labute approximate surface area is 177 Å². The molecule has 11 heteroatoms. The molecule has 0 aliphatic carbocycles. The molecule has 1 aromatic carbocycles. The fourth-order valence-electron chi connectivity index (χ4n) is 3.42. The summed E-state index contributed by atoms with van der Waals surface area (Å²) in [5, 5.41) is -0.329. The number of nitrogens with one attached hydrogen (secondary N) is 1. The number of rotatable bonds is 4. The van der Waals surface area contributed by atoms with Crippen LogP contribution in [0.5, 0.6) is 0 Å². The number of aryl methyl sites for hydroxylation is 1. The van der Waals surface area contributed by atoms with Gasteiger partial charge in [0.2, 0.25) is 0 Å². The van der Waals surface area contributed by atoms with Crippen LogP contribution in [0.1, 0.15) is 18.2 Å². The van der Waals surface area contributed by atoms with Gasteiger partial charge in [0, 0.05) is 18.7 Å². The van der Waals surface area contributed by atoms with E-state index in [1.165, 1.54) is 15.2 Å². The van der Waals surface area contributed by atoms with Crippen LogP contribution in [0.3, 0.4) is 0 Å². The Balaban J connectivity index is 2.11. The van der Waals surface area contributed by atoms with Gasteiger partial charge in [-0.05, 0) is 24.6 Å². The summed E-state index contributed by atoms with van der Waals surface area (Å²) in [6.07, 6.45) is -4.81. The maximum absolute atomic E-state index is 13.7. The number of hydrogen-bond donors (Lipinski definition) is 1. The predicted molar refractivity (Wildman–Crippen MR) is 109 cm³/mol. The topological polar surface area (TPSA) is 85.6 Å². The number of pyridine rings is 1. The highest BCUT2D eigenvalue weighted by atomic mass is 35.5. The molecule has 0 aliphatic heterocycles. The maximum atomic E-state index is 13.7. The zero-order valence-electron chi connectivity index (χ0n) is 16.1. The molecular formula is C20H15ClF3N5O2. The summed E-state index contributed by atoms with van der Waals surface area (Å²) >= 11 is 5.71. The molecule has 0 aliphatic rings. The highest BCUT2D eigenvalue weighted by Crippen LogP contribution is 2.37. The molecule has 0 amide bonds. The Bertz CT molecular complexity index is 1390. The van der Waals surface area contributed by atoms with E-state index in [2.05, 4.69) is 15.0 Å². The van der Waals surface area contributed by atoms with Crippen LogP contribution in [0.15, 0.2) is 52.1 Å². The molecule has 0 radical (unpaired) electrons. The fourth-order valence-corrected chi connectivity index (χ4v) is 3.57. The van der Waals surface area contributed by atoms with Crippen LogP contribution in [0.4, 0.5) is 13.2 Å². The molecule has 0 fully saturated rings. The van der Waals surface area contributed by atoms with Crippen molar-refractivity contribution < 1.29 is 13.2 Å². The highest BCUT2D eigenvalue weighted by molar-refractivity contribution is 6.29. The Hall–Kier alpha value is -3.40. The largest absolute Gasteiger partial charge is 0.434 e. The number of benzene rings is 1. The van der Waals surface area contributed by atoms with E-state index < -0.39 is 23.1 Å². The first-order valence-corrected chi connectivity index (χ1v) is 9.60. The number of imidazole rings is 1. The molecule has 3 heterocycles. The van der Waals surface area contributed by atoms with E-state index in [0.717, 1.165) is 11.6 Å². The van der Waals surface area contributed by atoms with E-state index in [4.69, 9.17) is 11.6 Å². The van der Waals surface area contributed by atoms with E-state index in [1.54, 1.807) is 37.3 Å². The first-order chi connectivity index (χ1) is 14.7. The van der Waals surface area contributed by atoms with Gasteiger partial charge in [0.05, 0.1) is 0 Å². The number of nitrogens with zero attached hydrogens (tertiary/aromatic N) is 4. The molecule has 1 N–H and O–H groups in total. The summed E-state index contributed by atoms with van der Waals surface area (Å²) in [4.78, 5) is 34.9. The number of hydrogen-bond acceptors (Lipinski definition) is 4. The number of aromatic amines is 1. The minimum absolute atomic E-state index is 0.00902. The van der Waals surface area contributed by atoms with Crippen LogP contribution in [0.2, 0.25) is 5.15 Å². The lowest BCUT2D eigenvalue weighted by atomic mass is 10.1. The van der Waals surface area contributed by atoms with Gasteiger partial charge < -0.3 is 4.57 Å². The van der Waals surface area contributed by atoms with Crippen molar-refractivity contribution in [2.75, 3.05) is 0 Å². The van der Waals surface area contributed by atoms with Crippen LogP contribution < -0.4 is 11.2 Å². The van der Waals surface area contributed by atoms with Crippen LogP contribution >= 0.6 is 11.6 Å². The maximum Gasteiger partial charge on any atom is 0.434 e. The van der Waals surface area contributed by atoms with Crippen molar-refractivity contribution in [2.45, 2.75) is 26.2 Å². The Morgan fingerprint density at radius 3 is 2.39 bits per heavy atom. The van der Waals surface area contributed by atoms with Gasteiger partial charge in [-0.3, -0.25) is 14.3 Å².